The molecule has 2 aromatic carbocycles. The van der Waals surface area contributed by atoms with E-state index in [1.165, 1.54) is 0 Å². The summed E-state index contributed by atoms with van der Waals surface area (Å²) in [5.41, 5.74) is 6.09. The van der Waals surface area contributed by atoms with Crippen LogP contribution < -0.4 is 16.0 Å². The van der Waals surface area contributed by atoms with E-state index in [1.807, 2.05) is 64.1 Å². The lowest BCUT2D eigenvalue weighted by atomic mass is 10.1. The lowest BCUT2D eigenvalue weighted by Gasteiger charge is -2.21. The summed E-state index contributed by atoms with van der Waals surface area (Å²) in [6.45, 7) is 12.5. The summed E-state index contributed by atoms with van der Waals surface area (Å²) in [6.07, 6.45) is 0.998. The van der Waals surface area contributed by atoms with Gasteiger partial charge in [-0.1, -0.05) is 43.3 Å². The van der Waals surface area contributed by atoms with Crippen molar-refractivity contribution in [1.29, 1.82) is 0 Å². The fourth-order valence-corrected chi connectivity index (χ4v) is 4.46. The monoisotopic (exact) mass is 470 g/mol. The number of hydrogen-bond acceptors (Lipinski definition) is 5. The Morgan fingerprint density at radius 1 is 0.818 bits per heavy atom. The molecular weight excluding hydrogens is 432 g/mol. The molecule has 0 saturated carbocycles. The zero-order valence-electron chi connectivity index (χ0n) is 20.6. The van der Waals surface area contributed by atoms with Gasteiger partial charge in [-0.2, -0.15) is 0 Å². The van der Waals surface area contributed by atoms with Gasteiger partial charge in [-0.15, -0.1) is 11.8 Å². The average molecular weight is 471 g/mol. The van der Waals surface area contributed by atoms with Crippen molar-refractivity contribution in [2.45, 2.75) is 41.0 Å². The number of rotatable bonds is 13. The highest BCUT2D eigenvalue weighted by Gasteiger charge is 2.12. The predicted octanol–water partition coefficient (Wildman–Crippen LogP) is 4.49. The Labute approximate surface area is 202 Å². The van der Waals surface area contributed by atoms with Gasteiger partial charge in [-0.25, -0.2) is 0 Å². The largest absolute Gasteiger partial charge is 0.324 e. The second-order valence-electron chi connectivity index (χ2n) is 8.39. The van der Waals surface area contributed by atoms with Gasteiger partial charge in [0.05, 0.1) is 13.1 Å². The van der Waals surface area contributed by atoms with Crippen LogP contribution in [0.1, 0.15) is 35.6 Å². The minimum atomic E-state index is -0.0382. The number of benzene rings is 2. The van der Waals surface area contributed by atoms with Gasteiger partial charge in [0.2, 0.25) is 11.8 Å². The Hall–Kier alpha value is -2.35. The van der Waals surface area contributed by atoms with Crippen molar-refractivity contribution in [2.24, 2.45) is 0 Å². The van der Waals surface area contributed by atoms with Crippen molar-refractivity contribution < 1.29 is 9.59 Å². The third kappa shape index (κ3) is 9.20. The maximum Gasteiger partial charge on any atom is 0.238 e. The quantitative estimate of drug-likeness (QED) is 0.297. The molecule has 0 bridgehead atoms. The van der Waals surface area contributed by atoms with Crippen molar-refractivity contribution in [1.82, 2.24) is 10.2 Å². The highest BCUT2D eigenvalue weighted by atomic mass is 32.2. The normalized spacial score (nSPS) is 11.0. The number of anilines is 2. The van der Waals surface area contributed by atoms with Crippen LogP contribution in [0.5, 0.6) is 0 Å². The smallest absolute Gasteiger partial charge is 0.238 e. The number of hydrogen-bond donors (Lipinski definition) is 3. The van der Waals surface area contributed by atoms with E-state index in [0.29, 0.717) is 12.4 Å². The van der Waals surface area contributed by atoms with Gasteiger partial charge in [0.25, 0.3) is 0 Å². The maximum absolute atomic E-state index is 12.6. The second-order valence-corrected chi connectivity index (χ2v) is 9.49. The van der Waals surface area contributed by atoms with Crippen LogP contribution in [0, 0.1) is 27.7 Å². The zero-order chi connectivity index (χ0) is 24.2. The first kappa shape index (κ1) is 26.9. The molecule has 0 heterocycles. The molecule has 0 saturated heterocycles. The van der Waals surface area contributed by atoms with Gasteiger partial charge >= 0.3 is 0 Å². The molecule has 0 spiro atoms. The Kier molecular flexibility index (Phi) is 11.4. The zero-order valence-corrected chi connectivity index (χ0v) is 21.4. The first-order valence-corrected chi connectivity index (χ1v) is 12.7. The van der Waals surface area contributed by atoms with Gasteiger partial charge in [0, 0.05) is 29.5 Å². The molecule has 0 aliphatic rings. The predicted molar refractivity (Wildman–Crippen MR) is 141 cm³/mol. The Bertz CT molecular complexity index is 892. The lowest BCUT2D eigenvalue weighted by Crippen LogP contribution is -2.36. The van der Waals surface area contributed by atoms with Crippen molar-refractivity contribution in [3.63, 3.8) is 0 Å². The first-order valence-electron chi connectivity index (χ1n) is 11.5. The van der Waals surface area contributed by atoms with E-state index in [0.717, 1.165) is 58.9 Å². The third-order valence-electron chi connectivity index (χ3n) is 5.44. The second kappa shape index (κ2) is 14.0. The van der Waals surface area contributed by atoms with Crippen molar-refractivity contribution >= 4 is 35.0 Å². The summed E-state index contributed by atoms with van der Waals surface area (Å²) < 4.78 is 0. The van der Waals surface area contributed by atoms with Crippen molar-refractivity contribution in [3.05, 3.63) is 58.7 Å². The van der Waals surface area contributed by atoms with Crippen LogP contribution in [0.25, 0.3) is 0 Å². The van der Waals surface area contributed by atoms with E-state index in [4.69, 9.17) is 0 Å². The summed E-state index contributed by atoms with van der Waals surface area (Å²) in [5.74, 6) is 1.56. The summed E-state index contributed by atoms with van der Waals surface area (Å²) in [5, 5.41) is 9.25. The van der Waals surface area contributed by atoms with Crippen LogP contribution in [0.15, 0.2) is 36.4 Å². The van der Waals surface area contributed by atoms with E-state index in [1.54, 1.807) is 11.8 Å². The van der Waals surface area contributed by atoms with Crippen LogP contribution in [0.3, 0.4) is 0 Å². The minimum Gasteiger partial charge on any atom is -0.324 e. The minimum absolute atomic E-state index is 0.0205. The van der Waals surface area contributed by atoms with Gasteiger partial charge in [0.15, 0.2) is 0 Å². The molecule has 0 fully saturated rings. The number of carbonyl (C=O) groups excluding carboxylic acids is 2. The summed E-state index contributed by atoms with van der Waals surface area (Å²) in [7, 11) is 0. The highest BCUT2D eigenvalue weighted by molar-refractivity contribution is 7.99. The van der Waals surface area contributed by atoms with Gasteiger partial charge < -0.3 is 10.6 Å². The number of thioether (sulfide) groups is 1. The van der Waals surface area contributed by atoms with Crippen LogP contribution in [-0.4, -0.2) is 54.5 Å². The van der Waals surface area contributed by atoms with Crippen LogP contribution >= 0.6 is 11.8 Å². The van der Waals surface area contributed by atoms with Gasteiger partial charge in [-0.05, 0) is 62.9 Å². The number of nitrogens with zero attached hydrogens (tertiary/aromatic N) is 1. The standard InChI is InChI=1S/C26H38N4O2S/c1-6-13-30(17-24(32)29-26-21(4)11-8-12-22(26)5)14-15-33-18-27-16-23(31)28-25-19(2)9-7-10-20(25)3/h7-12,27H,6,13-18H2,1-5H3,(H,28,31)(H,29,32). The van der Waals surface area contributed by atoms with E-state index in [9.17, 15) is 9.59 Å². The molecule has 6 nitrogen and oxygen atoms in total. The molecule has 3 N–H and O–H groups in total. The molecule has 0 radical (unpaired) electrons. The fourth-order valence-electron chi connectivity index (χ4n) is 3.68. The summed E-state index contributed by atoms with van der Waals surface area (Å²) >= 11 is 1.73. The first-order chi connectivity index (χ1) is 15.8. The molecule has 2 aromatic rings. The molecule has 180 valence electrons. The fraction of sp³-hybridized carbons (Fsp3) is 0.462. The molecule has 0 aliphatic heterocycles. The topological polar surface area (TPSA) is 73.5 Å². The van der Waals surface area contributed by atoms with E-state index in [-0.39, 0.29) is 18.4 Å². The van der Waals surface area contributed by atoms with E-state index >= 15 is 0 Å². The number of carbonyl (C=O) groups is 2. The maximum atomic E-state index is 12.6. The number of nitrogens with one attached hydrogen (secondary N) is 3. The molecule has 0 unspecified atom stereocenters. The molecule has 7 heteroatoms. The summed E-state index contributed by atoms with van der Waals surface area (Å²) in [4.78, 5) is 27.0. The van der Waals surface area contributed by atoms with Crippen LogP contribution in [-0.2, 0) is 9.59 Å². The molecule has 0 atom stereocenters. The van der Waals surface area contributed by atoms with Gasteiger partial charge in [-0.3, -0.25) is 19.8 Å². The average Bonchev–Trinajstić information content (AvgIpc) is 2.76. The Morgan fingerprint density at radius 2 is 1.33 bits per heavy atom. The van der Waals surface area contributed by atoms with Crippen molar-refractivity contribution in [3.8, 4) is 0 Å². The molecular formula is C26H38N4O2S. The van der Waals surface area contributed by atoms with E-state index < -0.39 is 0 Å². The highest BCUT2D eigenvalue weighted by Crippen LogP contribution is 2.20. The summed E-state index contributed by atoms with van der Waals surface area (Å²) in [6, 6.07) is 12.0. The van der Waals surface area contributed by atoms with Gasteiger partial charge in [0.1, 0.15) is 0 Å². The Morgan fingerprint density at radius 3 is 1.85 bits per heavy atom. The molecule has 0 aromatic heterocycles. The number of para-hydroxylation sites is 2. The third-order valence-corrected chi connectivity index (χ3v) is 6.32. The van der Waals surface area contributed by atoms with Crippen LogP contribution in [0.2, 0.25) is 0 Å². The molecule has 33 heavy (non-hydrogen) atoms. The van der Waals surface area contributed by atoms with E-state index in [2.05, 4.69) is 27.8 Å². The Balaban J connectivity index is 1.68. The molecule has 2 rings (SSSR count). The van der Waals surface area contributed by atoms with Crippen LogP contribution in [0.4, 0.5) is 11.4 Å². The molecule has 2 amide bonds. The lowest BCUT2D eigenvalue weighted by molar-refractivity contribution is -0.117. The van der Waals surface area contributed by atoms with Crippen molar-refractivity contribution in [2.75, 3.05) is 48.4 Å². The molecule has 0 aliphatic carbocycles. The number of aryl methyl sites for hydroxylation is 4. The number of amides is 2. The SMILES string of the molecule is CCCN(CCSCNCC(=O)Nc1c(C)cccc1C)CC(=O)Nc1c(C)cccc1C.